The number of rotatable bonds is 2. The maximum atomic E-state index is 11.7. The molecule has 3 heteroatoms. The Kier molecular flexibility index (Phi) is 3.70. The van der Waals surface area contributed by atoms with Crippen LogP contribution >= 0.6 is 9.24 Å². The molecule has 0 aromatic heterocycles. The summed E-state index contributed by atoms with van der Waals surface area (Å²) in [6.45, 7) is 0.142. The van der Waals surface area contributed by atoms with Gasteiger partial charge in [-0.15, -0.1) is 9.24 Å². The van der Waals surface area contributed by atoms with E-state index in [0.29, 0.717) is 6.16 Å². The second-order valence-corrected chi connectivity index (χ2v) is 1.54. The smallest absolute Gasteiger partial charge is 0.116 e. The molecular formula is C3H9FNP. The third-order valence-corrected chi connectivity index (χ3v) is 1.02. The van der Waals surface area contributed by atoms with Gasteiger partial charge in [-0.1, -0.05) is 0 Å². The molecule has 0 saturated carbocycles. The van der Waals surface area contributed by atoms with Crippen LogP contribution in [0.3, 0.4) is 0 Å². The predicted octanol–water partition coefficient (Wildman–Crippen LogP) is 0.158. The quantitative estimate of drug-likeness (QED) is 0.502. The van der Waals surface area contributed by atoms with Gasteiger partial charge in [-0.25, -0.2) is 4.39 Å². The van der Waals surface area contributed by atoms with Gasteiger partial charge in [-0.3, -0.25) is 0 Å². The van der Waals surface area contributed by atoms with Crippen molar-refractivity contribution in [2.45, 2.75) is 6.17 Å². The highest BCUT2D eigenvalue weighted by molar-refractivity contribution is 7.16. The fourth-order valence-corrected chi connectivity index (χ4v) is 0.289. The summed E-state index contributed by atoms with van der Waals surface area (Å²) in [5.74, 6) is 0. The van der Waals surface area contributed by atoms with E-state index in [2.05, 4.69) is 9.24 Å². The van der Waals surface area contributed by atoms with Gasteiger partial charge in [0.1, 0.15) is 6.17 Å². The highest BCUT2D eigenvalue weighted by Crippen LogP contribution is 1.91. The molecule has 1 unspecified atom stereocenters. The van der Waals surface area contributed by atoms with Crippen LogP contribution in [-0.4, -0.2) is 18.9 Å². The lowest BCUT2D eigenvalue weighted by atomic mass is 10.5. The Morgan fingerprint density at radius 2 is 2.33 bits per heavy atom. The Morgan fingerprint density at radius 3 is 2.33 bits per heavy atom. The standard InChI is InChI=1S/C3H9FNP/c4-3(1-5)2-6/h3H,1-2,5-6H2/t3-/m0/s1. The number of nitrogens with two attached hydrogens (primary N) is 1. The molecule has 0 heterocycles. The van der Waals surface area contributed by atoms with Gasteiger partial charge >= 0.3 is 0 Å². The van der Waals surface area contributed by atoms with Crippen molar-refractivity contribution >= 4 is 9.24 Å². The van der Waals surface area contributed by atoms with Crippen LogP contribution in [0, 0.1) is 0 Å². The third kappa shape index (κ3) is 2.55. The molecule has 1 nitrogen and oxygen atoms in total. The zero-order valence-corrected chi connectivity index (χ0v) is 4.68. The van der Waals surface area contributed by atoms with E-state index in [1.807, 2.05) is 0 Å². The normalized spacial score (nSPS) is 14.5. The van der Waals surface area contributed by atoms with Crippen LogP contribution in [0.4, 0.5) is 4.39 Å². The molecule has 0 aromatic rings. The molecule has 0 saturated heterocycles. The largest absolute Gasteiger partial charge is 0.328 e. The number of hydrogen-bond donors (Lipinski definition) is 1. The number of hydrogen-bond acceptors (Lipinski definition) is 1. The molecule has 0 amide bonds. The van der Waals surface area contributed by atoms with Crippen molar-refractivity contribution < 1.29 is 4.39 Å². The third-order valence-electron chi connectivity index (χ3n) is 0.512. The maximum absolute atomic E-state index is 11.7. The lowest BCUT2D eigenvalue weighted by molar-refractivity contribution is 0.376. The van der Waals surface area contributed by atoms with Crippen LogP contribution in [0.25, 0.3) is 0 Å². The molecule has 0 fully saturated rings. The number of alkyl halides is 1. The topological polar surface area (TPSA) is 26.0 Å². The first-order valence-electron chi connectivity index (χ1n) is 1.85. The van der Waals surface area contributed by atoms with E-state index in [0.717, 1.165) is 0 Å². The molecular weight excluding hydrogens is 100 g/mol. The molecule has 0 aliphatic heterocycles. The summed E-state index contributed by atoms with van der Waals surface area (Å²) in [5, 5.41) is 0. The van der Waals surface area contributed by atoms with Gasteiger partial charge in [-0.2, -0.15) is 0 Å². The monoisotopic (exact) mass is 109 g/mol. The lowest BCUT2D eigenvalue weighted by Gasteiger charge is -1.94. The minimum atomic E-state index is -0.824. The lowest BCUT2D eigenvalue weighted by Crippen LogP contribution is -2.15. The summed E-state index contributed by atoms with van der Waals surface area (Å²) >= 11 is 0. The van der Waals surface area contributed by atoms with E-state index in [4.69, 9.17) is 5.73 Å². The molecule has 0 radical (unpaired) electrons. The summed E-state index contributed by atoms with van der Waals surface area (Å²) < 4.78 is 11.7. The minimum Gasteiger partial charge on any atom is -0.328 e. The van der Waals surface area contributed by atoms with Crippen molar-refractivity contribution in [3.8, 4) is 0 Å². The van der Waals surface area contributed by atoms with Crippen LogP contribution in [0.2, 0.25) is 0 Å². The summed E-state index contributed by atoms with van der Waals surface area (Å²) in [6.07, 6.45) is -0.369. The average molecular weight is 109 g/mol. The van der Waals surface area contributed by atoms with Crippen molar-refractivity contribution in [3.63, 3.8) is 0 Å². The fraction of sp³-hybridized carbons (Fsp3) is 1.00. The van der Waals surface area contributed by atoms with Crippen molar-refractivity contribution in [3.05, 3.63) is 0 Å². The highest BCUT2D eigenvalue weighted by Gasteiger charge is 1.94. The number of halogens is 1. The average Bonchev–Trinajstić information content (AvgIpc) is 1.65. The van der Waals surface area contributed by atoms with Gasteiger partial charge < -0.3 is 5.73 Å². The molecule has 2 atom stereocenters. The van der Waals surface area contributed by atoms with Crippen LogP contribution in [0.1, 0.15) is 0 Å². The van der Waals surface area contributed by atoms with Crippen LogP contribution < -0.4 is 5.73 Å². The molecule has 0 aliphatic rings. The second kappa shape index (κ2) is 3.51. The first-order chi connectivity index (χ1) is 2.81. The van der Waals surface area contributed by atoms with E-state index in [1.165, 1.54) is 0 Å². The highest BCUT2D eigenvalue weighted by atomic mass is 31.0. The molecule has 0 bridgehead atoms. The van der Waals surface area contributed by atoms with E-state index >= 15 is 0 Å². The Balaban J connectivity index is 2.75. The van der Waals surface area contributed by atoms with E-state index in [9.17, 15) is 4.39 Å². The Morgan fingerprint density at radius 1 is 1.83 bits per heavy atom. The SMILES string of the molecule is NC[C@H](F)CP. The van der Waals surface area contributed by atoms with E-state index in [-0.39, 0.29) is 6.54 Å². The summed E-state index contributed by atoms with van der Waals surface area (Å²) in [6, 6.07) is 0. The second-order valence-electron chi connectivity index (χ2n) is 1.07. The van der Waals surface area contributed by atoms with Crippen LogP contribution in [0.15, 0.2) is 0 Å². The van der Waals surface area contributed by atoms with E-state index in [1.54, 1.807) is 0 Å². The van der Waals surface area contributed by atoms with E-state index < -0.39 is 6.17 Å². The van der Waals surface area contributed by atoms with Gasteiger partial charge in [0.15, 0.2) is 0 Å². The Labute approximate surface area is 39.3 Å². The van der Waals surface area contributed by atoms with Gasteiger partial charge in [0.2, 0.25) is 0 Å². The molecule has 0 aromatic carbocycles. The van der Waals surface area contributed by atoms with Crippen LogP contribution in [-0.2, 0) is 0 Å². The first-order valence-corrected chi connectivity index (χ1v) is 2.67. The molecule has 6 heavy (non-hydrogen) atoms. The molecule has 0 spiro atoms. The van der Waals surface area contributed by atoms with Crippen molar-refractivity contribution in [2.24, 2.45) is 5.73 Å². The van der Waals surface area contributed by atoms with Crippen molar-refractivity contribution in [2.75, 3.05) is 12.7 Å². The fourth-order valence-electron chi connectivity index (χ4n) is 0.0962. The molecule has 38 valence electrons. The van der Waals surface area contributed by atoms with Gasteiger partial charge in [0.25, 0.3) is 0 Å². The summed E-state index contributed by atoms with van der Waals surface area (Å²) in [4.78, 5) is 0. The first kappa shape index (κ1) is 6.32. The zero-order chi connectivity index (χ0) is 4.99. The van der Waals surface area contributed by atoms with Crippen LogP contribution in [0.5, 0.6) is 0 Å². The van der Waals surface area contributed by atoms with Gasteiger partial charge in [0, 0.05) is 6.54 Å². The minimum absolute atomic E-state index is 0.142. The Hall–Kier alpha value is 0.320. The van der Waals surface area contributed by atoms with Gasteiger partial charge in [-0.05, 0) is 6.16 Å². The van der Waals surface area contributed by atoms with Gasteiger partial charge in [0.05, 0.1) is 0 Å². The summed E-state index contributed by atoms with van der Waals surface area (Å²) in [7, 11) is 2.28. The van der Waals surface area contributed by atoms with Crippen molar-refractivity contribution in [1.29, 1.82) is 0 Å². The molecule has 0 rings (SSSR count). The molecule has 0 aliphatic carbocycles. The molecule has 2 N–H and O–H groups in total. The maximum Gasteiger partial charge on any atom is 0.116 e. The van der Waals surface area contributed by atoms with Crippen molar-refractivity contribution in [1.82, 2.24) is 0 Å². The zero-order valence-electron chi connectivity index (χ0n) is 3.52. The predicted molar refractivity (Wildman–Crippen MR) is 28.5 cm³/mol. The summed E-state index contributed by atoms with van der Waals surface area (Å²) in [5.41, 5.74) is 4.89. The Bertz CT molecular complexity index is 30.0.